The van der Waals surface area contributed by atoms with E-state index in [-0.39, 0.29) is 18.5 Å². The van der Waals surface area contributed by atoms with Gasteiger partial charge in [0.25, 0.3) is 0 Å². The molecule has 0 saturated carbocycles. The van der Waals surface area contributed by atoms with Crippen molar-refractivity contribution in [3.05, 3.63) is 24.3 Å². The van der Waals surface area contributed by atoms with E-state index < -0.39 is 12.1 Å². The molecule has 0 heterocycles. The average molecular weight is 1110 g/mol. The Kier molecular flexibility index (Phi) is 67.4. The standard InChI is InChI=1S/C73H141NO5/c1-3-5-7-9-11-13-15-17-19-21-23-30-33-37-41-45-49-53-57-61-65-71(76)70(69-75)74-72(77)66-62-58-54-50-46-42-38-34-31-28-26-24-25-27-29-32-36-40-44-48-52-56-60-64-68-79-73(78)67-63-59-55-51-47-43-39-35-22-20-18-16-14-12-10-8-6-4-2/h26,28,61,65,70-71,75-76H,3-25,27,29-60,62-64,66-69H2,1-2H3,(H,74,77)/b28-26-,65-61+. The second kappa shape index (κ2) is 68.8. The van der Waals surface area contributed by atoms with Crippen molar-refractivity contribution < 1.29 is 24.5 Å². The van der Waals surface area contributed by atoms with Crippen LogP contribution in [0.2, 0.25) is 0 Å². The summed E-state index contributed by atoms with van der Waals surface area (Å²) in [5.41, 5.74) is 0. The summed E-state index contributed by atoms with van der Waals surface area (Å²) in [5, 5.41) is 23.2. The molecule has 1 amide bonds. The molecule has 6 heteroatoms. The number of rotatable bonds is 68. The minimum atomic E-state index is -0.848. The van der Waals surface area contributed by atoms with Gasteiger partial charge in [-0.25, -0.2) is 0 Å². The molecule has 2 unspecified atom stereocenters. The fourth-order valence-corrected chi connectivity index (χ4v) is 11.5. The van der Waals surface area contributed by atoms with Gasteiger partial charge in [0.15, 0.2) is 0 Å². The fourth-order valence-electron chi connectivity index (χ4n) is 11.5. The molecule has 0 aliphatic heterocycles. The number of carbonyl (C=O) groups excluding carboxylic acids is 2. The smallest absolute Gasteiger partial charge is 0.305 e. The van der Waals surface area contributed by atoms with E-state index in [1.54, 1.807) is 6.08 Å². The van der Waals surface area contributed by atoms with E-state index in [0.717, 1.165) is 38.5 Å². The van der Waals surface area contributed by atoms with Gasteiger partial charge in [-0.15, -0.1) is 0 Å². The molecule has 0 aliphatic carbocycles. The quantitative estimate of drug-likeness (QED) is 0.0320. The van der Waals surface area contributed by atoms with E-state index in [1.807, 2.05) is 6.08 Å². The first-order valence-corrected chi connectivity index (χ1v) is 36.1. The lowest BCUT2D eigenvalue weighted by molar-refractivity contribution is -0.143. The molecular formula is C73H141NO5. The third-order valence-electron chi connectivity index (χ3n) is 17.0. The SMILES string of the molecule is CCCCCCCCCCCCCCCCCCCC/C=C/C(O)C(CO)NC(=O)CCCCCCCCCC/C=C\CCCCCCCCCCCCCCOC(=O)CCCCCCCCCCCCCCCCCCCC. The Morgan fingerprint density at radius 1 is 0.342 bits per heavy atom. The molecule has 2 atom stereocenters. The minimum Gasteiger partial charge on any atom is -0.466 e. The van der Waals surface area contributed by atoms with Crippen LogP contribution in [0.15, 0.2) is 24.3 Å². The highest BCUT2D eigenvalue weighted by Crippen LogP contribution is 2.19. The van der Waals surface area contributed by atoms with Crippen LogP contribution in [0.3, 0.4) is 0 Å². The van der Waals surface area contributed by atoms with Crippen LogP contribution in [0.5, 0.6) is 0 Å². The lowest BCUT2D eigenvalue weighted by atomic mass is 10.0. The molecule has 0 fully saturated rings. The number of nitrogens with one attached hydrogen (secondary N) is 1. The lowest BCUT2D eigenvalue weighted by Gasteiger charge is -2.20. The molecule has 468 valence electrons. The van der Waals surface area contributed by atoms with Crippen LogP contribution < -0.4 is 5.32 Å². The zero-order valence-corrected chi connectivity index (χ0v) is 53.6. The summed E-state index contributed by atoms with van der Waals surface area (Å²) in [5.74, 6) is -0.0513. The molecule has 0 spiro atoms. The van der Waals surface area contributed by atoms with Gasteiger partial charge in [0, 0.05) is 12.8 Å². The first-order valence-electron chi connectivity index (χ1n) is 36.1. The second-order valence-corrected chi connectivity index (χ2v) is 24.9. The summed E-state index contributed by atoms with van der Waals surface area (Å²) < 4.78 is 5.51. The third-order valence-corrected chi connectivity index (χ3v) is 17.0. The number of unbranched alkanes of at least 4 members (excludes halogenated alkanes) is 55. The molecule has 0 radical (unpaired) electrons. The Labute approximate surface area is 494 Å². The first-order chi connectivity index (χ1) is 39.0. The van der Waals surface area contributed by atoms with Crippen molar-refractivity contribution >= 4 is 11.9 Å². The molecule has 0 aromatic heterocycles. The van der Waals surface area contributed by atoms with Gasteiger partial charge in [-0.3, -0.25) is 9.59 Å². The van der Waals surface area contributed by atoms with Crippen molar-refractivity contribution in [2.75, 3.05) is 13.2 Å². The van der Waals surface area contributed by atoms with Gasteiger partial charge < -0.3 is 20.3 Å². The van der Waals surface area contributed by atoms with Crippen molar-refractivity contribution in [2.24, 2.45) is 0 Å². The van der Waals surface area contributed by atoms with Gasteiger partial charge in [-0.1, -0.05) is 359 Å². The Hall–Kier alpha value is -1.66. The van der Waals surface area contributed by atoms with Crippen LogP contribution in [0.25, 0.3) is 0 Å². The molecular weight excluding hydrogens is 971 g/mol. The van der Waals surface area contributed by atoms with Crippen LogP contribution >= 0.6 is 0 Å². The highest BCUT2D eigenvalue weighted by molar-refractivity contribution is 5.76. The van der Waals surface area contributed by atoms with Crippen molar-refractivity contribution in [3.8, 4) is 0 Å². The summed E-state index contributed by atoms with van der Waals surface area (Å²) in [6, 6.07) is -0.632. The first kappa shape index (κ1) is 77.3. The number of hydrogen-bond acceptors (Lipinski definition) is 5. The normalized spacial score (nSPS) is 12.6. The van der Waals surface area contributed by atoms with Crippen molar-refractivity contribution in [3.63, 3.8) is 0 Å². The molecule has 0 aromatic rings. The van der Waals surface area contributed by atoms with Crippen LogP contribution in [-0.4, -0.2) is 47.4 Å². The summed E-state index contributed by atoms with van der Waals surface area (Å²) >= 11 is 0. The van der Waals surface area contributed by atoms with E-state index in [1.165, 1.54) is 340 Å². The van der Waals surface area contributed by atoms with E-state index in [2.05, 4.69) is 31.3 Å². The van der Waals surface area contributed by atoms with Crippen molar-refractivity contribution in [1.82, 2.24) is 5.32 Å². The molecule has 0 saturated heterocycles. The van der Waals surface area contributed by atoms with Crippen LogP contribution in [0, 0.1) is 0 Å². The largest absolute Gasteiger partial charge is 0.466 e. The van der Waals surface area contributed by atoms with E-state index >= 15 is 0 Å². The van der Waals surface area contributed by atoms with Gasteiger partial charge in [0.1, 0.15) is 0 Å². The predicted molar refractivity (Wildman–Crippen MR) is 347 cm³/mol. The average Bonchev–Trinajstić information content (AvgIpc) is 3.45. The molecule has 0 aromatic carbocycles. The summed E-state index contributed by atoms with van der Waals surface area (Å²) in [6.07, 6.45) is 86.9. The number of amides is 1. The fraction of sp³-hybridized carbons (Fsp3) is 0.918. The molecule has 3 N–H and O–H groups in total. The molecule has 0 bridgehead atoms. The highest BCUT2D eigenvalue weighted by atomic mass is 16.5. The van der Waals surface area contributed by atoms with Crippen LogP contribution in [0.1, 0.15) is 406 Å². The number of allylic oxidation sites excluding steroid dienone is 3. The zero-order chi connectivity index (χ0) is 57.1. The highest BCUT2D eigenvalue weighted by Gasteiger charge is 2.18. The maximum Gasteiger partial charge on any atom is 0.305 e. The number of carbonyl (C=O) groups is 2. The summed E-state index contributed by atoms with van der Waals surface area (Å²) in [7, 11) is 0. The Bertz CT molecular complexity index is 1230. The van der Waals surface area contributed by atoms with Gasteiger partial charge in [0.2, 0.25) is 5.91 Å². The maximum atomic E-state index is 12.5. The number of esters is 1. The van der Waals surface area contributed by atoms with Crippen LogP contribution in [-0.2, 0) is 14.3 Å². The molecule has 79 heavy (non-hydrogen) atoms. The monoisotopic (exact) mass is 1110 g/mol. The predicted octanol–water partition coefficient (Wildman–Crippen LogP) is 23.3. The van der Waals surface area contributed by atoms with Gasteiger partial charge >= 0.3 is 5.97 Å². The van der Waals surface area contributed by atoms with Gasteiger partial charge in [-0.05, 0) is 57.8 Å². The van der Waals surface area contributed by atoms with E-state index in [0.29, 0.717) is 19.4 Å². The maximum absolute atomic E-state index is 12.5. The Morgan fingerprint density at radius 2 is 0.595 bits per heavy atom. The lowest BCUT2D eigenvalue weighted by Crippen LogP contribution is -2.45. The van der Waals surface area contributed by atoms with Crippen molar-refractivity contribution in [2.45, 2.75) is 418 Å². The zero-order valence-electron chi connectivity index (χ0n) is 53.6. The number of hydrogen-bond donors (Lipinski definition) is 3. The third kappa shape index (κ3) is 65.4. The minimum absolute atomic E-state index is 0.0173. The van der Waals surface area contributed by atoms with Crippen molar-refractivity contribution in [1.29, 1.82) is 0 Å². The molecule has 0 rings (SSSR count). The van der Waals surface area contributed by atoms with Gasteiger partial charge in [-0.2, -0.15) is 0 Å². The second-order valence-electron chi connectivity index (χ2n) is 24.9. The topological polar surface area (TPSA) is 95.9 Å². The molecule has 6 nitrogen and oxygen atoms in total. The summed E-state index contributed by atoms with van der Waals surface area (Å²) in [4.78, 5) is 24.6. The Morgan fingerprint density at radius 3 is 0.899 bits per heavy atom. The van der Waals surface area contributed by atoms with Gasteiger partial charge in [0.05, 0.1) is 25.4 Å². The number of aliphatic hydroxyl groups excluding tert-OH is 2. The summed E-state index contributed by atoms with van der Waals surface area (Å²) in [6.45, 7) is 4.95. The number of aliphatic hydroxyl groups is 2. The Balaban J connectivity index is 3.41. The molecule has 0 aliphatic rings. The number of ether oxygens (including phenoxy) is 1. The van der Waals surface area contributed by atoms with E-state index in [4.69, 9.17) is 4.74 Å². The van der Waals surface area contributed by atoms with Crippen LogP contribution in [0.4, 0.5) is 0 Å². The van der Waals surface area contributed by atoms with E-state index in [9.17, 15) is 19.8 Å².